The van der Waals surface area contributed by atoms with E-state index in [2.05, 4.69) is 241 Å². The molecular weight excluding hydrogens is 735 g/mol. The first-order valence-electron chi connectivity index (χ1n) is 21.1. The summed E-state index contributed by atoms with van der Waals surface area (Å²) in [6.45, 7) is 0. The topological polar surface area (TPSA) is 3.24 Å². The Balaban J connectivity index is 1.07. The molecule has 284 valence electrons. The normalized spacial score (nSPS) is 11.6. The summed E-state index contributed by atoms with van der Waals surface area (Å²) in [4.78, 5) is 2.44. The second-order valence-corrected chi connectivity index (χ2v) is 16.1. The fourth-order valence-corrected chi connectivity index (χ4v) is 9.60. The molecule has 0 aliphatic heterocycles. The van der Waals surface area contributed by atoms with Crippen LogP contribution in [0, 0.1) is 0 Å². The van der Waals surface area contributed by atoms with Crippen LogP contribution < -0.4 is 4.90 Å². The average Bonchev–Trinajstić information content (AvgIpc) is 3.34. The first-order chi connectivity index (χ1) is 30.2. The monoisotopic (exact) mass is 773 g/mol. The maximum Gasteiger partial charge on any atom is 0.0540 e. The fourth-order valence-electron chi connectivity index (χ4n) is 9.60. The predicted molar refractivity (Wildman–Crippen MR) is 262 cm³/mol. The number of nitrogens with zero attached hydrogens (tertiary/aromatic N) is 1. The minimum atomic E-state index is 1.10. The molecule has 0 aromatic heterocycles. The smallest absolute Gasteiger partial charge is 0.0540 e. The molecule has 0 radical (unpaired) electrons. The summed E-state index contributed by atoms with van der Waals surface area (Å²) < 4.78 is 0. The molecule has 61 heavy (non-hydrogen) atoms. The van der Waals surface area contributed by atoms with Crippen LogP contribution in [0.1, 0.15) is 0 Å². The molecular formula is C60H39N. The molecule has 0 heterocycles. The third-order valence-electron chi connectivity index (χ3n) is 12.6. The van der Waals surface area contributed by atoms with E-state index < -0.39 is 0 Å². The van der Waals surface area contributed by atoms with E-state index in [9.17, 15) is 0 Å². The highest BCUT2D eigenvalue weighted by Crippen LogP contribution is 2.45. The Morgan fingerprint density at radius 3 is 1.49 bits per heavy atom. The Kier molecular flexibility index (Phi) is 8.25. The van der Waals surface area contributed by atoms with Crippen LogP contribution in [0.5, 0.6) is 0 Å². The molecule has 0 unspecified atom stereocenters. The second kappa shape index (κ2) is 14.4. The summed E-state index contributed by atoms with van der Waals surface area (Å²) in [5.41, 5.74) is 10.5. The fraction of sp³-hybridized carbons (Fsp3) is 0. The lowest BCUT2D eigenvalue weighted by Crippen LogP contribution is -2.11. The zero-order chi connectivity index (χ0) is 40.3. The molecule has 0 saturated heterocycles. The highest BCUT2D eigenvalue weighted by Gasteiger charge is 2.20. The van der Waals surface area contributed by atoms with Crippen LogP contribution in [0.15, 0.2) is 237 Å². The van der Waals surface area contributed by atoms with Gasteiger partial charge in [-0.3, -0.25) is 0 Å². The molecule has 0 aliphatic rings. The standard InChI is InChI=1S/C60H39N/c1-2-15-45-36-47(28-24-40(45)12-1)59-39-50(34-35-53(59)48-29-27-43-26-25-42-14-3-6-18-51(42)57(43)38-48)61(60-23-11-17-41-13-4-8-20-54(41)60)49-32-30-44(31-33-49)58-37-46-16-5-7-19-52(46)55-21-9-10-22-56(55)58/h1-39H. The Hall–Kier alpha value is -8.00. The third-order valence-corrected chi connectivity index (χ3v) is 12.6. The maximum atomic E-state index is 2.44. The van der Waals surface area contributed by atoms with Crippen LogP contribution in [0.3, 0.4) is 0 Å². The Morgan fingerprint density at radius 2 is 0.721 bits per heavy atom. The van der Waals surface area contributed by atoms with Crippen LogP contribution in [-0.4, -0.2) is 0 Å². The van der Waals surface area contributed by atoms with E-state index in [1.165, 1.54) is 98.0 Å². The lowest BCUT2D eigenvalue weighted by Gasteiger charge is -2.28. The van der Waals surface area contributed by atoms with Gasteiger partial charge in [0.1, 0.15) is 0 Å². The first kappa shape index (κ1) is 35.0. The lowest BCUT2D eigenvalue weighted by molar-refractivity contribution is 1.30. The van der Waals surface area contributed by atoms with E-state index in [0.29, 0.717) is 0 Å². The van der Waals surface area contributed by atoms with Gasteiger partial charge in [-0.25, -0.2) is 0 Å². The Bertz CT molecular complexity index is 3650. The number of benzene rings is 12. The molecule has 1 heteroatoms. The molecule has 0 fully saturated rings. The van der Waals surface area contributed by atoms with E-state index in [1.807, 2.05) is 0 Å². The van der Waals surface area contributed by atoms with Crippen molar-refractivity contribution in [3.63, 3.8) is 0 Å². The summed E-state index contributed by atoms with van der Waals surface area (Å²) in [7, 11) is 0. The number of rotatable bonds is 6. The molecule has 0 bridgehead atoms. The van der Waals surface area contributed by atoms with Crippen molar-refractivity contribution >= 4 is 81.7 Å². The summed E-state index contributed by atoms with van der Waals surface area (Å²) in [6.07, 6.45) is 0. The van der Waals surface area contributed by atoms with Crippen molar-refractivity contribution in [1.29, 1.82) is 0 Å². The van der Waals surface area contributed by atoms with E-state index in [0.717, 1.165) is 17.1 Å². The maximum absolute atomic E-state index is 2.44. The quantitative estimate of drug-likeness (QED) is 0.152. The summed E-state index contributed by atoms with van der Waals surface area (Å²) in [6, 6.07) is 87.1. The van der Waals surface area contributed by atoms with E-state index in [4.69, 9.17) is 0 Å². The SMILES string of the molecule is c1ccc2cc(-c3cc(N(c4ccc(-c5cc6ccccc6c6ccccc56)cc4)c4cccc5ccccc45)ccc3-c3ccc4ccc5ccccc5c4c3)ccc2c1. The van der Waals surface area contributed by atoms with Crippen molar-refractivity contribution in [1.82, 2.24) is 0 Å². The zero-order valence-electron chi connectivity index (χ0n) is 33.5. The van der Waals surface area contributed by atoms with Gasteiger partial charge in [-0.2, -0.15) is 0 Å². The number of anilines is 3. The molecule has 0 aliphatic carbocycles. The number of fused-ring (bicyclic) bond motifs is 8. The molecule has 0 spiro atoms. The van der Waals surface area contributed by atoms with Gasteiger partial charge in [-0.15, -0.1) is 0 Å². The first-order valence-corrected chi connectivity index (χ1v) is 21.1. The van der Waals surface area contributed by atoms with Gasteiger partial charge in [0.25, 0.3) is 0 Å². The third kappa shape index (κ3) is 6.02. The van der Waals surface area contributed by atoms with Crippen molar-refractivity contribution in [2.45, 2.75) is 0 Å². The van der Waals surface area contributed by atoms with Gasteiger partial charge in [0, 0.05) is 16.8 Å². The predicted octanol–water partition coefficient (Wildman–Crippen LogP) is 17.1. The van der Waals surface area contributed by atoms with Gasteiger partial charge in [-0.05, 0) is 141 Å². The van der Waals surface area contributed by atoms with Crippen molar-refractivity contribution in [2.24, 2.45) is 0 Å². The Morgan fingerprint density at radius 1 is 0.213 bits per heavy atom. The summed E-state index contributed by atoms with van der Waals surface area (Å²) in [5, 5.41) is 15.0. The van der Waals surface area contributed by atoms with Crippen molar-refractivity contribution in [3.8, 4) is 33.4 Å². The van der Waals surface area contributed by atoms with Gasteiger partial charge in [0.05, 0.1) is 5.69 Å². The molecule has 0 saturated carbocycles. The molecule has 12 aromatic carbocycles. The highest BCUT2D eigenvalue weighted by molar-refractivity contribution is 6.14. The minimum absolute atomic E-state index is 1.10. The zero-order valence-corrected chi connectivity index (χ0v) is 33.5. The lowest BCUT2D eigenvalue weighted by atomic mass is 9.90. The molecule has 0 N–H and O–H groups in total. The molecule has 1 nitrogen and oxygen atoms in total. The van der Waals surface area contributed by atoms with Crippen molar-refractivity contribution in [2.75, 3.05) is 4.90 Å². The molecule has 0 atom stereocenters. The van der Waals surface area contributed by atoms with Gasteiger partial charge < -0.3 is 4.90 Å². The van der Waals surface area contributed by atoms with Crippen LogP contribution in [0.4, 0.5) is 17.1 Å². The molecule has 0 amide bonds. The van der Waals surface area contributed by atoms with E-state index in [1.54, 1.807) is 0 Å². The van der Waals surface area contributed by atoms with Crippen LogP contribution in [0.2, 0.25) is 0 Å². The molecule has 12 rings (SSSR count). The Labute approximate surface area is 355 Å². The number of hydrogen-bond acceptors (Lipinski definition) is 1. The van der Waals surface area contributed by atoms with Gasteiger partial charge in [0.2, 0.25) is 0 Å². The van der Waals surface area contributed by atoms with Crippen LogP contribution >= 0.6 is 0 Å². The largest absolute Gasteiger partial charge is 0.310 e. The van der Waals surface area contributed by atoms with Crippen molar-refractivity contribution in [3.05, 3.63) is 237 Å². The minimum Gasteiger partial charge on any atom is -0.310 e. The van der Waals surface area contributed by atoms with Gasteiger partial charge in [0.15, 0.2) is 0 Å². The van der Waals surface area contributed by atoms with E-state index in [-0.39, 0.29) is 0 Å². The summed E-state index contributed by atoms with van der Waals surface area (Å²) in [5.74, 6) is 0. The van der Waals surface area contributed by atoms with Gasteiger partial charge in [-0.1, -0.05) is 188 Å². The average molecular weight is 774 g/mol. The number of hydrogen-bond donors (Lipinski definition) is 0. The molecule has 12 aromatic rings. The van der Waals surface area contributed by atoms with E-state index >= 15 is 0 Å². The van der Waals surface area contributed by atoms with Crippen molar-refractivity contribution < 1.29 is 0 Å². The van der Waals surface area contributed by atoms with Gasteiger partial charge >= 0.3 is 0 Å². The van der Waals surface area contributed by atoms with Crippen LogP contribution in [-0.2, 0) is 0 Å². The second-order valence-electron chi connectivity index (χ2n) is 16.1. The highest BCUT2D eigenvalue weighted by atomic mass is 15.1. The summed E-state index contributed by atoms with van der Waals surface area (Å²) >= 11 is 0. The van der Waals surface area contributed by atoms with Crippen LogP contribution in [0.25, 0.3) is 98.0 Å².